The number of anilines is 2. The van der Waals surface area contributed by atoms with Crippen LogP contribution < -0.4 is 10.0 Å². The molecule has 0 aliphatic carbocycles. The van der Waals surface area contributed by atoms with Gasteiger partial charge in [-0.3, -0.25) is 14.3 Å². The van der Waals surface area contributed by atoms with Crippen LogP contribution in [0.2, 0.25) is 0 Å². The van der Waals surface area contributed by atoms with Crippen LogP contribution in [0.1, 0.15) is 36.7 Å². The van der Waals surface area contributed by atoms with Crippen molar-refractivity contribution in [3.8, 4) is 0 Å². The molecule has 9 nitrogen and oxygen atoms in total. The SMILES string of the molecule is CC(=O)Nc1ccc(NS(=O)(=O)c2ccc3onc(C(=O)N4CCCCC4)c3c2)cc1. The fraction of sp³-hybridized carbons (Fsp3) is 0.286. The molecule has 0 saturated carbocycles. The Morgan fingerprint density at radius 3 is 2.35 bits per heavy atom. The zero-order valence-electron chi connectivity index (χ0n) is 16.9. The zero-order valence-corrected chi connectivity index (χ0v) is 17.7. The lowest BCUT2D eigenvalue weighted by Gasteiger charge is -2.25. The standard InChI is InChI=1S/C21H22N4O5S/c1-14(26)22-15-5-7-16(8-6-15)24-31(28,29)17-9-10-19-18(13-17)20(23-30-19)21(27)25-11-3-2-4-12-25/h5-10,13,24H,2-4,11-12H2,1H3,(H,22,26). The molecule has 1 aromatic heterocycles. The lowest BCUT2D eigenvalue weighted by atomic mass is 10.1. The van der Waals surface area contributed by atoms with E-state index in [4.69, 9.17) is 4.52 Å². The molecule has 0 bridgehead atoms. The van der Waals surface area contributed by atoms with E-state index < -0.39 is 10.0 Å². The van der Waals surface area contributed by atoms with Gasteiger partial charge in [0.1, 0.15) is 0 Å². The third-order valence-corrected chi connectivity index (χ3v) is 6.43. The van der Waals surface area contributed by atoms with Gasteiger partial charge in [-0.05, 0) is 61.7 Å². The maximum Gasteiger partial charge on any atom is 0.276 e. The van der Waals surface area contributed by atoms with Crippen molar-refractivity contribution in [1.29, 1.82) is 0 Å². The Morgan fingerprint density at radius 1 is 1.00 bits per heavy atom. The number of nitrogens with one attached hydrogen (secondary N) is 2. The van der Waals surface area contributed by atoms with E-state index in [2.05, 4.69) is 15.2 Å². The predicted molar refractivity (Wildman–Crippen MR) is 115 cm³/mol. The summed E-state index contributed by atoms with van der Waals surface area (Å²) in [4.78, 5) is 25.7. The number of rotatable bonds is 5. The molecule has 1 fully saturated rings. The minimum atomic E-state index is -3.92. The molecule has 162 valence electrons. The van der Waals surface area contributed by atoms with Crippen LogP contribution in [0.5, 0.6) is 0 Å². The van der Waals surface area contributed by atoms with Crippen molar-refractivity contribution in [2.45, 2.75) is 31.1 Å². The summed E-state index contributed by atoms with van der Waals surface area (Å²) < 4.78 is 33.5. The van der Waals surface area contributed by atoms with Crippen molar-refractivity contribution in [3.05, 3.63) is 48.2 Å². The lowest BCUT2D eigenvalue weighted by Crippen LogP contribution is -2.35. The van der Waals surface area contributed by atoms with Crippen molar-refractivity contribution < 1.29 is 22.5 Å². The Bertz CT molecular complexity index is 1230. The molecule has 31 heavy (non-hydrogen) atoms. The quantitative estimate of drug-likeness (QED) is 0.626. The second-order valence-electron chi connectivity index (χ2n) is 7.41. The Balaban J connectivity index is 1.59. The maximum atomic E-state index is 12.9. The van der Waals surface area contributed by atoms with Crippen molar-refractivity contribution in [3.63, 3.8) is 0 Å². The molecule has 2 amide bonds. The minimum absolute atomic E-state index is 0.0122. The van der Waals surface area contributed by atoms with Crippen molar-refractivity contribution >= 4 is 44.2 Å². The molecule has 0 radical (unpaired) electrons. The van der Waals surface area contributed by atoms with E-state index in [1.54, 1.807) is 29.2 Å². The van der Waals surface area contributed by atoms with Gasteiger partial charge in [0.25, 0.3) is 15.9 Å². The molecule has 0 atom stereocenters. The molecule has 1 saturated heterocycles. The summed E-state index contributed by atoms with van der Waals surface area (Å²) in [5, 5.41) is 6.87. The van der Waals surface area contributed by atoms with Gasteiger partial charge < -0.3 is 14.7 Å². The average molecular weight is 442 g/mol. The van der Waals surface area contributed by atoms with E-state index in [-0.39, 0.29) is 22.4 Å². The number of likely N-dealkylation sites (tertiary alicyclic amines) is 1. The van der Waals surface area contributed by atoms with E-state index in [1.807, 2.05) is 0 Å². The molecular weight excluding hydrogens is 420 g/mol. The Kier molecular flexibility index (Phi) is 5.64. The van der Waals surface area contributed by atoms with Crippen LogP contribution in [-0.4, -0.2) is 43.4 Å². The van der Waals surface area contributed by atoms with Gasteiger partial charge in [0.2, 0.25) is 5.91 Å². The van der Waals surface area contributed by atoms with E-state index in [0.29, 0.717) is 35.4 Å². The Labute approximate surface area is 179 Å². The third-order valence-electron chi connectivity index (χ3n) is 5.06. The van der Waals surface area contributed by atoms with Gasteiger partial charge in [-0.2, -0.15) is 0 Å². The van der Waals surface area contributed by atoms with Gasteiger partial charge in [-0.25, -0.2) is 8.42 Å². The van der Waals surface area contributed by atoms with Crippen LogP contribution in [0.15, 0.2) is 51.9 Å². The van der Waals surface area contributed by atoms with E-state index in [1.165, 1.54) is 25.1 Å². The number of carbonyl (C=O) groups excluding carboxylic acids is 2. The van der Waals surface area contributed by atoms with Crippen molar-refractivity contribution in [2.75, 3.05) is 23.1 Å². The number of nitrogens with zero attached hydrogens (tertiary/aromatic N) is 2. The molecule has 4 rings (SSSR count). The number of piperidine rings is 1. The highest BCUT2D eigenvalue weighted by Crippen LogP contribution is 2.26. The summed E-state index contributed by atoms with van der Waals surface area (Å²) in [6.45, 7) is 2.70. The van der Waals surface area contributed by atoms with Crippen LogP contribution in [0.25, 0.3) is 11.0 Å². The highest BCUT2D eigenvalue weighted by Gasteiger charge is 2.25. The summed E-state index contributed by atoms with van der Waals surface area (Å²) in [6.07, 6.45) is 2.96. The normalized spacial score (nSPS) is 14.4. The number of sulfonamides is 1. The van der Waals surface area contributed by atoms with Crippen LogP contribution in [0.3, 0.4) is 0 Å². The maximum absolute atomic E-state index is 12.9. The summed E-state index contributed by atoms with van der Waals surface area (Å²) in [5.41, 5.74) is 1.36. The van der Waals surface area contributed by atoms with E-state index in [0.717, 1.165) is 19.3 Å². The highest BCUT2D eigenvalue weighted by molar-refractivity contribution is 7.92. The van der Waals surface area contributed by atoms with Crippen LogP contribution in [-0.2, 0) is 14.8 Å². The second-order valence-corrected chi connectivity index (χ2v) is 9.09. The summed E-state index contributed by atoms with van der Waals surface area (Å²) in [7, 11) is -3.92. The smallest absolute Gasteiger partial charge is 0.276 e. The van der Waals surface area contributed by atoms with Crippen molar-refractivity contribution in [1.82, 2.24) is 10.1 Å². The van der Waals surface area contributed by atoms with E-state index in [9.17, 15) is 18.0 Å². The Morgan fingerprint density at radius 2 is 1.68 bits per heavy atom. The topological polar surface area (TPSA) is 122 Å². The fourth-order valence-electron chi connectivity index (χ4n) is 3.52. The molecule has 2 aromatic carbocycles. The number of benzene rings is 2. The highest BCUT2D eigenvalue weighted by atomic mass is 32.2. The first-order valence-corrected chi connectivity index (χ1v) is 11.4. The minimum Gasteiger partial charge on any atom is -0.355 e. The number of aromatic nitrogens is 1. The third kappa shape index (κ3) is 4.53. The summed E-state index contributed by atoms with van der Waals surface area (Å²) >= 11 is 0. The average Bonchev–Trinajstić information content (AvgIpc) is 3.18. The van der Waals surface area contributed by atoms with Crippen LogP contribution >= 0.6 is 0 Å². The summed E-state index contributed by atoms with van der Waals surface area (Å²) in [6, 6.07) is 10.6. The molecule has 2 N–H and O–H groups in total. The van der Waals surface area contributed by atoms with Gasteiger partial charge in [-0.15, -0.1) is 0 Å². The van der Waals surface area contributed by atoms with Gasteiger partial charge in [0.05, 0.1) is 10.3 Å². The molecule has 0 spiro atoms. The van der Waals surface area contributed by atoms with Gasteiger partial charge in [0, 0.05) is 31.4 Å². The molecule has 2 heterocycles. The molecule has 0 unspecified atom stereocenters. The largest absolute Gasteiger partial charge is 0.355 e. The molecule has 3 aromatic rings. The van der Waals surface area contributed by atoms with E-state index >= 15 is 0 Å². The monoisotopic (exact) mass is 442 g/mol. The number of hydrogen-bond donors (Lipinski definition) is 2. The first-order chi connectivity index (χ1) is 14.8. The van der Waals surface area contributed by atoms with Gasteiger partial charge >= 0.3 is 0 Å². The molecular formula is C21H22N4O5S. The molecule has 1 aliphatic heterocycles. The van der Waals surface area contributed by atoms with Gasteiger partial charge in [0.15, 0.2) is 11.3 Å². The zero-order chi connectivity index (χ0) is 22.0. The van der Waals surface area contributed by atoms with Crippen LogP contribution in [0.4, 0.5) is 11.4 Å². The second kappa shape index (κ2) is 8.38. The van der Waals surface area contributed by atoms with Crippen molar-refractivity contribution in [2.24, 2.45) is 0 Å². The van der Waals surface area contributed by atoms with Gasteiger partial charge in [-0.1, -0.05) is 5.16 Å². The predicted octanol–water partition coefficient (Wildman–Crippen LogP) is 3.21. The first-order valence-electron chi connectivity index (χ1n) is 9.93. The molecule has 10 heteroatoms. The Hall–Kier alpha value is -3.40. The first kappa shape index (κ1) is 20.9. The number of carbonyl (C=O) groups is 2. The summed E-state index contributed by atoms with van der Waals surface area (Å²) in [5.74, 6) is -0.472. The lowest BCUT2D eigenvalue weighted by molar-refractivity contribution is -0.114. The number of fused-ring (bicyclic) bond motifs is 1. The van der Waals surface area contributed by atoms with Crippen LogP contribution in [0, 0.1) is 0 Å². The number of amides is 2. The molecule has 1 aliphatic rings. The number of hydrogen-bond acceptors (Lipinski definition) is 6. The fourth-order valence-corrected chi connectivity index (χ4v) is 4.61.